The summed E-state index contributed by atoms with van der Waals surface area (Å²) < 4.78 is 17.3. The van der Waals surface area contributed by atoms with Gasteiger partial charge in [-0.15, -0.1) is 0 Å². The maximum atomic E-state index is 12.9. The lowest BCUT2D eigenvalue weighted by Crippen LogP contribution is -2.37. The lowest BCUT2D eigenvalue weighted by atomic mass is 9.87. The zero-order chi connectivity index (χ0) is 28.1. The van der Waals surface area contributed by atoms with Crippen LogP contribution in [0.15, 0.2) is 105 Å². The maximum absolute atomic E-state index is 12.9. The van der Waals surface area contributed by atoms with Crippen molar-refractivity contribution in [2.24, 2.45) is 5.92 Å². The van der Waals surface area contributed by atoms with Crippen LogP contribution in [0.4, 0.5) is 0 Å². The van der Waals surface area contributed by atoms with E-state index in [-0.39, 0.29) is 45.5 Å². The van der Waals surface area contributed by atoms with Gasteiger partial charge in [-0.05, 0) is 48.5 Å². The number of fused-ring (bicyclic) bond motifs is 2. The molecule has 0 fully saturated rings. The van der Waals surface area contributed by atoms with Crippen LogP contribution in [0.25, 0.3) is 28.1 Å². The summed E-state index contributed by atoms with van der Waals surface area (Å²) >= 11 is 0. The van der Waals surface area contributed by atoms with E-state index in [1.54, 1.807) is 24.3 Å². The van der Waals surface area contributed by atoms with Crippen LogP contribution in [-0.4, -0.2) is 37.4 Å². The van der Waals surface area contributed by atoms with Crippen LogP contribution in [0.1, 0.15) is 5.56 Å². The first-order valence-corrected chi connectivity index (χ1v) is 12.0. The Hall–Kier alpha value is -5.64. The third-order valence-electron chi connectivity index (χ3n) is 6.56. The Kier molecular flexibility index (Phi) is 5.73. The van der Waals surface area contributed by atoms with Crippen LogP contribution in [0, 0.1) is 5.92 Å². The lowest BCUT2D eigenvalue weighted by Gasteiger charge is -2.32. The average Bonchev–Trinajstić information content (AvgIpc) is 2.90. The van der Waals surface area contributed by atoms with E-state index in [4.69, 9.17) is 13.9 Å². The Balaban J connectivity index is 1.26. The minimum atomic E-state index is -1.13. The van der Waals surface area contributed by atoms with E-state index in [1.807, 2.05) is 0 Å². The predicted molar refractivity (Wildman–Crippen MR) is 142 cm³/mol. The number of aromatic hydroxyl groups is 3. The first-order chi connectivity index (χ1) is 19.2. The van der Waals surface area contributed by atoms with Crippen LogP contribution < -0.4 is 10.2 Å². The van der Waals surface area contributed by atoms with E-state index in [0.717, 1.165) is 6.07 Å². The molecule has 0 radical (unpaired) electrons. The Morgan fingerprint density at radius 2 is 1.48 bits per heavy atom. The van der Waals surface area contributed by atoms with E-state index in [0.29, 0.717) is 11.1 Å². The largest absolute Gasteiger partial charge is 0.508 e. The number of rotatable bonds is 4. The number of allylic oxidation sites excluding steroid dienone is 1. The molecule has 2 heterocycles. The van der Waals surface area contributed by atoms with Gasteiger partial charge >= 0.3 is 0 Å². The standard InChI is InChI=1S/C30H20O10/c31-16-5-1-14(2-6-16)24-12-21(35)28-26(40-24)13-22(36)30(29(28)37)38-18-7-3-15(4-8-18)23-11-20(34)27-19(33)9-17(32)10-25(27)39-23/h1-13,26,28,31-33,36-37H. The Labute approximate surface area is 225 Å². The van der Waals surface area contributed by atoms with Gasteiger partial charge in [-0.3, -0.25) is 9.59 Å². The minimum absolute atomic E-state index is 0.00390. The number of ether oxygens (including phenoxy) is 2. The zero-order valence-electron chi connectivity index (χ0n) is 20.4. The summed E-state index contributed by atoms with van der Waals surface area (Å²) in [6.45, 7) is 0. The van der Waals surface area contributed by atoms with Crippen LogP contribution in [0.2, 0.25) is 0 Å². The fraction of sp³-hybridized carbons (Fsp3) is 0.0667. The number of hydrogen-bond donors (Lipinski definition) is 5. The first kappa shape index (κ1) is 24.7. The van der Waals surface area contributed by atoms with Crippen LogP contribution in [-0.2, 0) is 9.53 Å². The second-order valence-corrected chi connectivity index (χ2v) is 9.22. The van der Waals surface area contributed by atoms with Crippen LogP contribution in [0.3, 0.4) is 0 Å². The van der Waals surface area contributed by atoms with E-state index >= 15 is 0 Å². The second kappa shape index (κ2) is 9.28. The number of hydrogen-bond acceptors (Lipinski definition) is 10. The number of carbonyl (C=O) groups excluding carboxylic acids is 1. The van der Waals surface area contributed by atoms with E-state index in [9.17, 15) is 35.1 Å². The SMILES string of the molecule is O=C1C=C(c2ccc(O)cc2)OC2C=C(O)C(Oc3ccc(-c4cc(=O)c5c(O)cc(O)cc5o4)cc3)=C(O)C12. The average molecular weight is 540 g/mol. The topological polar surface area (TPSA) is 167 Å². The van der Waals surface area contributed by atoms with E-state index < -0.39 is 40.5 Å². The molecule has 200 valence electrons. The highest BCUT2D eigenvalue weighted by Gasteiger charge is 2.42. The molecule has 2 atom stereocenters. The maximum Gasteiger partial charge on any atom is 0.206 e. The predicted octanol–water partition coefficient (Wildman–Crippen LogP) is 4.81. The van der Waals surface area contributed by atoms with Crippen molar-refractivity contribution in [3.05, 3.63) is 112 Å². The molecule has 0 bridgehead atoms. The van der Waals surface area contributed by atoms with Gasteiger partial charge in [0, 0.05) is 41.5 Å². The summed E-state index contributed by atoms with van der Waals surface area (Å²) in [6, 6.07) is 15.6. The molecule has 0 spiro atoms. The van der Waals surface area contributed by atoms with E-state index in [2.05, 4.69) is 0 Å². The van der Waals surface area contributed by atoms with E-state index in [1.165, 1.54) is 48.6 Å². The highest BCUT2D eigenvalue weighted by molar-refractivity contribution is 6.01. The number of phenolic OH excluding ortho intramolecular Hbond substituents is 3. The molecule has 2 aliphatic rings. The molecular formula is C30H20O10. The molecular weight excluding hydrogens is 520 g/mol. The number of carbonyl (C=O) groups is 1. The number of phenols is 3. The molecule has 1 aromatic heterocycles. The number of benzene rings is 3. The summed E-state index contributed by atoms with van der Waals surface area (Å²) in [7, 11) is 0. The van der Waals surface area contributed by atoms with Gasteiger partial charge < -0.3 is 39.4 Å². The third-order valence-corrected chi connectivity index (χ3v) is 6.56. The molecule has 0 amide bonds. The molecule has 2 unspecified atom stereocenters. The van der Waals surface area contributed by atoms with Crippen molar-refractivity contribution in [3.8, 4) is 34.3 Å². The van der Waals surface area contributed by atoms with Gasteiger partial charge in [-0.25, -0.2) is 0 Å². The molecule has 6 rings (SSSR count). The summed E-state index contributed by atoms with van der Waals surface area (Å²) in [4.78, 5) is 25.4. The van der Waals surface area contributed by atoms with Gasteiger partial charge in [0.15, 0.2) is 22.7 Å². The van der Waals surface area contributed by atoms with Crippen molar-refractivity contribution in [2.45, 2.75) is 6.10 Å². The molecule has 0 saturated carbocycles. The van der Waals surface area contributed by atoms with Gasteiger partial charge in [0.1, 0.15) is 57.5 Å². The van der Waals surface area contributed by atoms with Crippen molar-refractivity contribution < 1.29 is 44.2 Å². The Morgan fingerprint density at radius 1 is 0.775 bits per heavy atom. The van der Waals surface area contributed by atoms with Crippen molar-refractivity contribution in [3.63, 3.8) is 0 Å². The summed E-state index contributed by atoms with van der Waals surface area (Å²) in [5.41, 5.74) is 0.514. The van der Waals surface area contributed by atoms with Crippen molar-refractivity contribution in [1.82, 2.24) is 0 Å². The number of ketones is 1. The Bertz CT molecular complexity index is 1830. The van der Waals surface area contributed by atoms with Crippen LogP contribution in [0.5, 0.6) is 23.0 Å². The number of aliphatic hydroxyl groups is 2. The quantitative estimate of drug-likeness (QED) is 0.242. The fourth-order valence-electron chi connectivity index (χ4n) is 4.64. The first-order valence-electron chi connectivity index (χ1n) is 12.0. The molecule has 5 N–H and O–H groups in total. The minimum Gasteiger partial charge on any atom is -0.508 e. The number of aliphatic hydroxyl groups excluding tert-OH is 2. The Morgan fingerprint density at radius 3 is 2.20 bits per heavy atom. The van der Waals surface area contributed by atoms with Gasteiger partial charge in [-0.1, -0.05) is 0 Å². The van der Waals surface area contributed by atoms with Crippen molar-refractivity contribution >= 4 is 22.5 Å². The second-order valence-electron chi connectivity index (χ2n) is 9.22. The summed E-state index contributed by atoms with van der Waals surface area (Å²) in [5, 5.41) is 50.6. The third kappa shape index (κ3) is 4.27. The zero-order valence-corrected chi connectivity index (χ0v) is 20.4. The molecule has 10 heteroatoms. The molecule has 3 aromatic carbocycles. The van der Waals surface area contributed by atoms with Gasteiger partial charge in [0.2, 0.25) is 5.76 Å². The molecule has 10 nitrogen and oxygen atoms in total. The van der Waals surface area contributed by atoms with Crippen LogP contribution >= 0.6 is 0 Å². The molecule has 1 aliphatic carbocycles. The van der Waals surface area contributed by atoms with Gasteiger partial charge in [-0.2, -0.15) is 0 Å². The van der Waals surface area contributed by atoms with Gasteiger partial charge in [0.25, 0.3) is 0 Å². The molecule has 4 aromatic rings. The van der Waals surface area contributed by atoms with Gasteiger partial charge in [0.05, 0.1) is 0 Å². The normalized spacial score (nSPS) is 18.6. The monoisotopic (exact) mass is 540 g/mol. The molecule has 0 saturated heterocycles. The molecule has 1 aliphatic heterocycles. The fourth-order valence-corrected chi connectivity index (χ4v) is 4.64. The lowest BCUT2D eigenvalue weighted by molar-refractivity contribution is -0.121. The molecule has 40 heavy (non-hydrogen) atoms. The summed E-state index contributed by atoms with van der Waals surface area (Å²) in [6.07, 6.45) is 1.53. The van der Waals surface area contributed by atoms with Crippen molar-refractivity contribution in [1.29, 1.82) is 0 Å². The summed E-state index contributed by atoms with van der Waals surface area (Å²) in [5.74, 6) is -2.84. The highest BCUT2D eigenvalue weighted by Crippen LogP contribution is 2.38. The van der Waals surface area contributed by atoms with Crippen molar-refractivity contribution in [2.75, 3.05) is 0 Å². The smallest absolute Gasteiger partial charge is 0.206 e. The highest BCUT2D eigenvalue weighted by atomic mass is 16.5.